The number of ether oxygens (including phenoxy) is 1. The van der Waals surface area contributed by atoms with Crippen LogP contribution < -0.4 is 5.32 Å². The third-order valence-corrected chi connectivity index (χ3v) is 1.54. The van der Waals surface area contributed by atoms with E-state index in [0.717, 1.165) is 0 Å². The molecule has 13 heavy (non-hydrogen) atoms. The van der Waals surface area contributed by atoms with Crippen molar-refractivity contribution in [2.75, 3.05) is 13.7 Å². The van der Waals surface area contributed by atoms with Gasteiger partial charge in [-0.25, -0.2) is 4.79 Å². The van der Waals surface area contributed by atoms with Crippen LogP contribution in [0.2, 0.25) is 0 Å². The fourth-order valence-electron chi connectivity index (χ4n) is 0.689. The zero-order valence-corrected chi connectivity index (χ0v) is 7.87. The number of amides is 1. The lowest BCUT2D eigenvalue weighted by atomic mass is 10.3. The summed E-state index contributed by atoms with van der Waals surface area (Å²) in [7, 11) is 1.56. The number of hydrogen-bond acceptors (Lipinski definition) is 3. The van der Waals surface area contributed by atoms with E-state index < -0.39 is 12.1 Å². The molecule has 76 valence electrons. The van der Waals surface area contributed by atoms with E-state index in [4.69, 9.17) is 9.84 Å². The number of carboxylic acids is 1. The summed E-state index contributed by atoms with van der Waals surface area (Å²) in [5.41, 5.74) is 0. The molecule has 0 rings (SSSR count). The predicted molar refractivity (Wildman–Crippen MR) is 46.4 cm³/mol. The molecule has 0 bridgehead atoms. The molecule has 5 nitrogen and oxygen atoms in total. The van der Waals surface area contributed by atoms with Crippen LogP contribution in [-0.2, 0) is 14.3 Å². The molecule has 0 saturated heterocycles. The quantitative estimate of drug-likeness (QED) is 0.577. The highest BCUT2D eigenvalue weighted by molar-refractivity contribution is 5.75. The number of aliphatic carboxylic acids is 1. The minimum atomic E-state index is -0.986. The van der Waals surface area contributed by atoms with Gasteiger partial charge in [0.1, 0.15) is 0 Å². The molecule has 0 aliphatic heterocycles. The number of carbonyl (C=O) groups is 2. The number of carbonyl (C=O) groups excluding carboxylic acids is 1. The Hall–Kier alpha value is -1.10. The lowest BCUT2D eigenvalue weighted by molar-refractivity contribution is -0.149. The van der Waals surface area contributed by atoms with Crippen molar-refractivity contribution in [1.29, 1.82) is 0 Å². The molecule has 0 radical (unpaired) electrons. The molecular weight excluding hydrogens is 174 g/mol. The Kier molecular flexibility index (Phi) is 5.88. The Labute approximate surface area is 77.1 Å². The third-order valence-electron chi connectivity index (χ3n) is 1.54. The monoisotopic (exact) mass is 189 g/mol. The van der Waals surface area contributed by atoms with Crippen LogP contribution in [0.5, 0.6) is 0 Å². The van der Waals surface area contributed by atoms with Gasteiger partial charge in [-0.2, -0.15) is 0 Å². The Morgan fingerprint density at radius 3 is 2.62 bits per heavy atom. The maximum absolute atomic E-state index is 10.7. The molecule has 5 heteroatoms. The van der Waals surface area contributed by atoms with Gasteiger partial charge in [-0.3, -0.25) is 4.79 Å². The van der Waals surface area contributed by atoms with Crippen molar-refractivity contribution in [1.82, 2.24) is 5.32 Å². The van der Waals surface area contributed by atoms with Crippen LogP contribution in [0.4, 0.5) is 0 Å². The maximum atomic E-state index is 10.7. The van der Waals surface area contributed by atoms with Gasteiger partial charge in [0.05, 0.1) is 0 Å². The first-order valence-electron chi connectivity index (χ1n) is 4.13. The second-order valence-corrected chi connectivity index (χ2v) is 2.63. The number of hydrogen-bond donors (Lipinski definition) is 2. The van der Waals surface area contributed by atoms with Gasteiger partial charge in [0.15, 0.2) is 6.10 Å². The topological polar surface area (TPSA) is 75.6 Å². The van der Waals surface area contributed by atoms with Crippen molar-refractivity contribution in [2.24, 2.45) is 0 Å². The van der Waals surface area contributed by atoms with Gasteiger partial charge >= 0.3 is 5.97 Å². The van der Waals surface area contributed by atoms with E-state index in [-0.39, 0.29) is 5.91 Å². The standard InChI is InChI=1S/C8H15NO4/c1-6(8(11)12)13-5-3-4-7(10)9-2/h6H,3-5H2,1-2H3,(H,9,10)(H,11,12)/t6-/m1/s1. The Morgan fingerprint density at radius 2 is 2.15 bits per heavy atom. The molecule has 0 saturated carbocycles. The average Bonchev–Trinajstić information content (AvgIpc) is 2.11. The Bertz CT molecular complexity index is 181. The Balaban J connectivity index is 3.35. The van der Waals surface area contributed by atoms with Crippen molar-refractivity contribution in [3.63, 3.8) is 0 Å². The second kappa shape index (κ2) is 6.42. The van der Waals surface area contributed by atoms with Crippen LogP contribution in [-0.4, -0.2) is 36.7 Å². The summed E-state index contributed by atoms with van der Waals surface area (Å²) in [6.07, 6.45) is 0.102. The van der Waals surface area contributed by atoms with E-state index in [1.807, 2.05) is 0 Å². The smallest absolute Gasteiger partial charge is 0.332 e. The summed E-state index contributed by atoms with van der Waals surface area (Å²) < 4.78 is 4.92. The van der Waals surface area contributed by atoms with Gasteiger partial charge in [-0.1, -0.05) is 0 Å². The number of carboxylic acid groups (broad SMARTS) is 1. The first-order valence-corrected chi connectivity index (χ1v) is 4.13. The van der Waals surface area contributed by atoms with E-state index in [0.29, 0.717) is 19.4 Å². The van der Waals surface area contributed by atoms with Crippen LogP contribution in [0.3, 0.4) is 0 Å². The molecule has 0 heterocycles. The van der Waals surface area contributed by atoms with Crippen LogP contribution in [0.15, 0.2) is 0 Å². The van der Waals surface area contributed by atoms with Crippen LogP contribution in [0.1, 0.15) is 19.8 Å². The minimum absolute atomic E-state index is 0.0634. The van der Waals surface area contributed by atoms with E-state index in [1.54, 1.807) is 7.05 Å². The highest BCUT2D eigenvalue weighted by atomic mass is 16.5. The van der Waals surface area contributed by atoms with Crippen LogP contribution in [0.25, 0.3) is 0 Å². The number of nitrogens with one attached hydrogen (secondary N) is 1. The SMILES string of the molecule is CNC(=O)CCCO[C@H](C)C(=O)O. The van der Waals surface area contributed by atoms with Crippen molar-refractivity contribution in [3.8, 4) is 0 Å². The fourth-order valence-corrected chi connectivity index (χ4v) is 0.689. The van der Waals surface area contributed by atoms with Gasteiger partial charge in [0.25, 0.3) is 0 Å². The molecule has 0 unspecified atom stereocenters. The molecule has 0 aliphatic rings. The van der Waals surface area contributed by atoms with E-state index in [2.05, 4.69) is 5.32 Å². The highest BCUT2D eigenvalue weighted by Gasteiger charge is 2.10. The molecule has 0 fully saturated rings. The van der Waals surface area contributed by atoms with Crippen LogP contribution >= 0.6 is 0 Å². The molecule has 0 aliphatic carbocycles. The molecule has 0 aromatic carbocycles. The molecule has 1 atom stereocenters. The fraction of sp³-hybridized carbons (Fsp3) is 0.750. The van der Waals surface area contributed by atoms with E-state index in [1.165, 1.54) is 6.92 Å². The summed E-state index contributed by atoms with van der Waals surface area (Å²) in [5.74, 6) is -1.05. The molecular formula is C8H15NO4. The maximum Gasteiger partial charge on any atom is 0.332 e. The van der Waals surface area contributed by atoms with Gasteiger partial charge in [0.2, 0.25) is 5.91 Å². The first kappa shape index (κ1) is 11.9. The lowest BCUT2D eigenvalue weighted by Crippen LogP contribution is -2.22. The second-order valence-electron chi connectivity index (χ2n) is 2.63. The van der Waals surface area contributed by atoms with Crippen molar-refractivity contribution in [2.45, 2.75) is 25.9 Å². The molecule has 0 aromatic heterocycles. The summed E-state index contributed by atoms with van der Waals surface area (Å²) in [5, 5.41) is 10.9. The van der Waals surface area contributed by atoms with Crippen LogP contribution in [0, 0.1) is 0 Å². The predicted octanol–water partition coefficient (Wildman–Crippen LogP) is 0.00230. The zero-order valence-electron chi connectivity index (χ0n) is 7.87. The van der Waals surface area contributed by atoms with Gasteiger partial charge in [0, 0.05) is 20.1 Å². The van der Waals surface area contributed by atoms with Gasteiger partial charge in [-0.15, -0.1) is 0 Å². The van der Waals surface area contributed by atoms with E-state index >= 15 is 0 Å². The summed E-state index contributed by atoms with van der Waals surface area (Å²) in [6.45, 7) is 1.75. The summed E-state index contributed by atoms with van der Waals surface area (Å²) >= 11 is 0. The Morgan fingerprint density at radius 1 is 1.54 bits per heavy atom. The van der Waals surface area contributed by atoms with Crippen molar-refractivity contribution >= 4 is 11.9 Å². The van der Waals surface area contributed by atoms with Crippen molar-refractivity contribution in [3.05, 3.63) is 0 Å². The lowest BCUT2D eigenvalue weighted by Gasteiger charge is -2.07. The van der Waals surface area contributed by atoms with Gasteiger partial charge in [-0.05, 0) is 13.3 Å². The molecule has 2 N–H and O–H groups in total. The minimum Gasteiger partial charge on any atom is -0.479 e. The summed E-state index contributed by atoms with van der Waals surface area (Å²) in [6, 6.07) is 0. The normalized spacial score (nSPS) is 12.2. The first-order chi connectivity index (χ1) is 6.07. The van der Waals surface area contributed by atoms with Gasteiger partial charge < -0.3 is 15.2 Å². The van der Waals surface area contributed by atoms with Crippen molar-refractivity contribution < 1.29 is 19.4 Å². The molecule has 1 amide bonds. The molecule has 0 aromatic rings. The molecule has 0 spiro atoms. The highest BCUT2D eigenvalue weighted by Crippen LogP contribution is 1.95. The largest absolute Gasteiger partial charge is 0.479 e. The average molecular weight is 189 g/mol. The zero-order chi connectivity index (χ0) is 10.3. The number of rotatable bonds is 6. The summed E-state index contributed by atoms with van der Waals surface area (Å²) in [4.78, 5) is 21.0. The third kappa shape index (κ3) is 6.10. The van der Waals surface area contributed by atoms with E-state index in [9.17, 15) is 9.59 Å².